The molecular formula is C24H28N2O3. The van der Waals surface area contributed by atoms with Crippen LogP contribution >= 0.6 is 0 Å². The highest BCUT2D eigenvalue weighted by Gasteiger charge is 2.31. The zero-order chi connectivity index (χ0) is 20.8. The Morgan fingerprint density at radius 3 is 2.31 bits per heavy atom. The minimum atomic E-state index is -0.329. The van der Waals surface area contributed by atoms with E-state index in [9.17, 15) is 9.59 Å². The van der Waals surface area contributed by atoms with Gasteiger partial charge in [-0.05, 0) is 43.3 Å². The molecule has 0 saturated heterocycles. The lowest BCUT2D eigenvalue weighted by molar-refractivity contribution is -0.131. The van der Waals surface area contributed by atoms with E-state index in [-0.39, 0.29) is 11.9 Å². The Bertz CT molecular complexity index is 899. The first-order valence-corrected chi connectivity index (χ1v) is 10.1. The van der Waals surface area contributed by atoms with E-state index in [2.05, 4.69) is 24.8 Å². The molecule has 0 fully saturated rings. The van der Waals surface area contributed by atoms with Gasteiger partial charge in [-0.1, -0.05) is 50.3 Å². The molecule has 0 unspecified atom stereocenters. The molecule has 1 aliphatic rings. The molecule has 0 spiro atoms. The summed E-state index contributed by atoms with van der Waals surface area (Å²) in [6, 6.07) is 15.3. The Morgan fingerprint density at radius 2 is 1.69 bits per heavy atom. The van der Waals surface area contributed by atoms with Crippen LogP contribution in [-0.4, -0.2) is 47.9 Å². The average Bonchev–Trinajstić information content (AvgIpc) is 2.99. The summed E-state index contributed by atoms with van der Waals surface area (Å²) in [7, 11) is 0. The van der Waals surface area contributed by atoms with Crippen molar-refractivity contribution in [3.8, 4) is 5.75 Å². The topological polar surface area (TPSA) is 49.9 Å². The van der Waals surface area contributed by atoms with Gasteiger partial charge in [-0.25, -0.2) is 0 Å². The van der Waals surface area contributed by atoms with Gasteiger partial charge in [0, 0.05) is 36.8 Å². The molecular weight excluding hydrogens is 364 g/mol. The number of carbonyl (C=O) groups excluding carboxylic acids is 2. The number of carbonyl (C=O) groups is 2. The van der Waals surface area contributed by atoms with E-state index in [0.717, 1.165) is 42.0 Å². The molecule has 29 heavy (non-hydrogen) atoms. The predicted octanol–water partition coefficient (Wildman–Crippen LogP) is 3.99. The van der Waals surface area contributed by atoms with Crippen LogP contribution in [-0.2, 0) is 11.2 Å². The second-order valence-electron chi connectivity index (χ2n) is 7.06. The van der Waals surface area contributed by atoms with Crippen LogP contribution in [0, 0.1) is 0 Å². The molecule has 0 bridgehead atoms. The summed E-state index contributed by atoms with van der Waals surface area (Å²) in [4.78, 5) is 28.3. The molecule has 0 atom stereocenters. The largest absolute Gasteiger partial charge is 0.427 e. The number of allylic oxidation sites excluding steroid dienone is 1. The van der Waals surface area contributed by atoms with Gasteiger partial charge in [0.2, 0.25) is 0 Å². The molecule has 0 aromatic heterocycles. The van der Waals surface area contributed by atoms with Crippen LogP contribution in [0.1, 0.15) is 42.3 Å². The number of nitrogens with zero attached hydrogens (tertiary/aromatic N) is 2. The Balaban J connectivity index is 1.80. The summed E-state index contributed by atoms with van der Waals surface area (Å²) in [5, 5.41) is 0. The minimum absolute atomic E-state index is 0.0733. The lowest BCUT2D eigenvalue weighted by Crippen LogP contribution is -2.34. The molecule has 2 aromatic carbocycles. The number of rotatable bonds is 8. The number of fused-ring (bicyclic) bond motifs is 1. The fourth-order valence-electron chi connectivity index (χ4n) is 3.59. The van der Waals surface area contributed by atoms with Gasteiger partial charge in [0.25, 0.3) is 5.91 Å². The van der Waals surface area contributed by atoms with Gasteiger partial charge in [-0.15, -0.1) is 0 Å². The molecule has 0 radical (unpaired) electrons. The maximum atomic E-state index is 13.0. The van der Waals surface area contributed by atoms with Gasteiger partial charge in [-0.3, -0.25) is 9.59 Å². The van der Waals surface area contributed by atoms with Crippen molar-refractivity contribution in [1.82, 2.24) is 9.80 Å². The van der Waals surface area contributed by atoms with Crippen molar-refractivity contribution in [2.24, 2.45) is 0 Å². The summed E-state index contributed by atoms with van der Waals surface area (Å²) in [5.41, 5.74) is 3.83. The number of amides is 1. The van der Waals surface area contributed by atoms with E-state index in [0.29, 0.717) is 18.7 Å². The molecule has 3 rings (SSSR count). The SMILES string of the molecule is CCN(CC)CCN1C(=O)c2ccccc2/C1=C\Cc1ccc(OC(C)=O)cc1. The fraction of sp³-hybridized carbons (Fsp3) is 0.333. The van der Waals surface area contributed by atoms with Crippen molar-refractivity contribution < 1.29 is 14.3 Å². The summed E-state index contributed by atoms with van der Waals surface area (Å²) < 4.78 is 5.09. The lowest BCUT2D eigenvalue weighted by atomic mass is 10.1. The van der Waals surface area contributed by atoms with Crippen LogP contribution in [0.4, 0.5) is 0 Å². The highest BCUT2D eigenvalue weighted by Crippen LogP contribution is 2.32. The van der Waals surface area contributed by atoms with Gasteiger partial charge in [0.15, 0.2) is 0 Å². The van der Waals surface area contributed by atoms with E-state index < -0.39 is 0 Å². The average molecular weight is 392 g/mol. The van der Waals surface area contributed by atoms with Crippen LogP contribution in [0.2, 0.25) is 0 Å². The Kier molecular flexibility index (Phi) is 6.83. The van der Waals surface area contributed by atoms with Crippen LogP contribution in [0.3, 0.4) is 0 Å². The first-order chi connectivity index (χ1) is 14.0. The second-order valence-corrected chi connectivity index (χ2v) is 7.06. The zero-order valence-electron chi connectivity index (χ0n) is 17.4. The molecule has 5 nitrogen and oxygen atoms in total. The Labute approximate surface area is 172 Å². The van der Waals surface area contributed by atoms with Crippen molar-refractivity contribution in [3.63, 3.8) is 0 Å². The standard InChI is InChI=1S/C24H28N2O3/c1-4-25(5-2)16-17-26-23(21-8-6-7-9-22(21)24(26)28)15-12-19-10-13-20(14-11-19)29-18(3)27/h6-11,13-15H,4-5,12,16-17H2,1-3H3/b23-15+. The monoisotopic (exact) mass is 392 g/mol. The van der Waals surface area contributed by atoms with E-state index in [1.807, 2.05) is 41.3 Å². The van der Waals surface area contributed by atoms with Crippen LogP contribution in [0.15, 0.2) is 54.6 Å². The number of hydrogen-bond acceptors (Lipinski definition) is 4. The van der Waals surface area contributed by atoms with Gasteiger partial charge >= 0.3 is 5.97 Å². The maximum Gasteiger partial charge on any atom is 0.308 e. The van der Waals surface area contributed by atoms with Crippen molar-refractivity contribution >= 4 is 17.6 Å². The Hall–Kier alpha value is -2.92. The van der Waals surface area contributed by atoms with Gasteiger partial charge in [-0.2, -0.15) is 0 Å². The highest BCUT2D eigenvalue weighted by atomic mass is 16.5. The van der Waals surface area contributed by atoms with Crippen molar-refractivity contribution in [3.05, 3.63) is 71.3 Å². The van der Waals surface area contributed by atoms with Crippen molar-refractivity contribution in [1.29, 1.82) is 0 Å². The third kappa shape index (κ3) is 4.93. The molecule has 1 heterocycles. The number of ether oxygens (including phenoxy) is 1. The first-order valence-electron chi connectivity index (χ1n) is 10.1. The molecule has 5 heteroatoms. The van der Waals surface area contributed by atoms with Gasteiger partial charge < -0.3 is 14.5 Å². The smallest absolute Gasteiger partial charge is 0.308 e. The molecule has 2 aromatic rings. The first kappa shape index (κ1) is 20.8. The minimum Gasteiger partial charge on any atom is -0.427 e. The Morgan fingerprint density at radius 1 is 1.03 bits per heavy atom. The number of esters is 1. The molecule has 0 N–H and O–H groups in total. The summed E-state index contributed by atoms with van der Waals surface area (Å²) in [6.07, 6.45) is 2.81. The zero-order valence-corrected chi connectivity index (χ0v) is 17.4. The van der Waals surface area contributed by atoms with Crippen molar-refractivity contribution in [2.75, 3.05) is 26.2 Å². The van der Waals surface area contributed by atoms with E-state index in [1.165, 1.54) is 6.92 Å². The maximum absolute atomic E-state index is 13.0. The molecule has 1 aliphatic heterocycles. The number of benzene rings is 2. The van der Waals surface area contributed by atoms with Crippen LogP contribution < -0.4 is 4.74 Å². The predicted molar refractivity (Wildman–Crippen MR) is 115 cm³/mol. The normalized spacial score (nSPS) is 14.6. The third-order valence-corrected chi connectivity index (χ3v) is 5.22. The molecule has 0 aliphatic carbocycles. The third-order valence-electron chi connectivity index (χ3n) is 5.22. The van der Waals surface area contributed by atoms with Gasteiger partial charge in [0.1, 0.15) is 5.75 Å². The van der Waals surface area contributed by atoms with Crippen molar-refractivity contribution in [2.45, 2.75) is 27.2 Å². The van der Waals surface area contributed by atoms with Crippen LogP contribution in [0.5, 0.6) is 5.75 Å². The lowest BCUT2D eigenvalue weighted by Gasteiger charge is -2.24. The van der Waals surface area contributed by atoms with E-state index in [4.69, 9.17) is 4.74 Å². The number of hydrogen-bond donors (Lipinski definition) is 0. The fourth-order valence-corrected chi connectivity index (χ4v) is 3.59. The highest BCUT2D eigenvalue weighted by molar-refractivity contribution is 6.09. The molecule has 1 amide bonds. The summed E-state index contributed by atoms with van der Waals surface area (Å²) in [6.45, 7) is 9.13. The van der Waals surface area contributed by atoms with Crippen LogP contribution in [0.25, 0.3) is 5.70 Å². The van der Waals surface area contributed by atoms with E-state index in [1.54, 1.807) is 12.1 Å². The molecule has 152 valence electrons. The molecule has 0 saturated carbocycles. The second kappa shape index (κ2) is 9.52. The van der Waals surface area contributed by atoms with Gasteiger partial charge in [0.05, 0.1) is 0 Å². The summed E-state index contributed by atoms with van der Waals surface area (Å²) in [5.74, 6) is 0.283. The quantitative estimate of drug-likeness (QED) is 0.503. The van der Waals surface area contributed by atoms with E-state index >= 15 is 0 Å². The summed E-state index contributed by atoms with van der Waals surface area (Å²) >= 11 is 0. The number of likely N-dealkylation sites (N-methyl/N-ethyl adjacent to an activating group) is 1.